The fourth-order valence-corrected chi connectivity index (χ4v) is 4.32. The van der Waals surface area contributed by atoms with E-state index in [0.29, 0.717) is 28.6 Å². The maximum absolute atomic E-state index is 11.7. The number of pyridine rings is 1. The molecule has 0 bridgehead atoms. The summed E-state index contributed by atoms with van der Waals surface area (Å²) in [6.07, 6.45) is 10.3. The number of rotatable bonds is 7. The van der Waals surface area contributed by atoms with Gasteiger partial charge in [-0.15, -0.1) is 0 Å². The van der Waals surface area contributed by atoms with E-state index in [1.54, 1.807) is 18.3 Å². The monoisotopic (exact) mass is 424 g/mol. The molecular formula is C21H24N6O2S. The van der Waals surface area contributed by atoms with E-state index < -0.39 is 0 Å². The van der Waals surface area contributed by atoms with Gasteiger partial charge in [0.2, 0.25) is 5.95 Å². The first kappa shape index (κ1) is 20.5. The molecule has 0 aromatic carbocycles. The molecule has 30 heavy (non-hydrogen) atoms. The van der Waals surface area contributed by atoms with Gasteiger partial charge in [-0.1, -0.05) is 6.07 Å². The smallest absolute Gasteiger partial charge is 0.290 e. The van der Waals surface area contributed by atoms with Gasteiger partial charge in [0.15, 0.2) is 0 Å². The molecule has 2 aromatic rings. The average molecular weight is 425 g/mol. The van der Waals surface area contributed by atoms with Crippen molar-refractivity contribution >= 4 is 34.9 Å². The van der Waals surface area contributed by atoms with Crippen LogP contribution in [-0.4, -0.2) is 44.7 Å². The number of thioether (sulfide) groups is 1. The number of nitrogens with zero attached hydrogens (tertiary/aromatic N) is 3. The lowest BCUT2D eigenvalue weighted by Crippen LogP contribution is -2.38. The highest BCUT2D eigenvalue weighted by Gasteiger charge is 2.25. The number of imide groups is 1. The van der Waals surface area contributed by atoms with E-state index in [1.807, 2.05) is 18.3 Å². The van der Waals surface area contributed by atoms with E-state index >= 15 is 0 Å². The fraction of sp³-hybridized carbons (Fsp3) is 0.381. The van der Waals surface area contributed by atoms with Crippen LogP contribution in [0.25, 0.3) is 6.08 Å². The maximum Gasteiger partial charge on any atom is 0.290 e. The summed E-state index contributed by atoms with van der Waals surface area (Å²) >= 11 is 0.885. The second-order valence-corrected chi connectivity index (χ2v) is 8.39. The van der Waals surface area contributed by atoms with E-state index in [4.69, 9.17) is 0 Å². The Labute approximate surface area is 179 Å². The molecule has 1 saturated heterocycles. The number of carbonyl (C=O) groups excluding carboxylic acids is 2. The first-order valence-electron chi connectivity index (χ1n) is 10.1. The molecule has 1 saturated carbocycles. The van der Waals surface area contributed by atoms with Gasteiger partial charge in [-0.05, 0) is 61.7 Å². The summed E-state index contributed by atoms with van der Waals surface area (Å²) in [5.74, 6) is 0.164. The third-order valence-corrected chi connectivity index (χ3v) is 6.01. The first-order valence-corrected chi connectivity index (χ1v) is 10.9. The zero-order valence-electron chi connectivity index (χ0n) is 16.5. The van der Waals surface area contributed by atoms with Crippen LogP contribution >= 0.6 is 11.8 Å². The minimum absolute atomic E-state index is 0.326. The molecular weight excluding hydrogens is 400 g/mol. The van der Waals surface area contributed by atoms with Crippen LogP contribution in [0.1, 0.15) is 37.1 Å². The predicted octanol–water partition coefficient (Wildman–Crippen LogP) is 2.75. The van der Waals surface area contributed by atoms with Crippen LogP contribution in [0.2, 0.25) is 0 Å². The number of anilines is 1. The molecule has 3 N–H and O–H groups in total. The van der Waals surface area contributed by atoms with Crippen LogP contribution in [0.15, 0.2) is 41.6 Å². The lowest BCUT2D eigenvalue weighted by Gasteiger charge is -2.29. The van der Waals surface area contributed by atoms with Crippen molar-refractivity contribution in [1.82, 2.24) is 25.6 Å². The highest BCUT2D eigenvalue weighted by atomic mass is 32.2. The molecule has 0 radical (unpaired) electrons. The van der Waals surface area contributed by atoms with E-state index in [1.165, 1.54) is 0 Å². The molecule has 9 heteroatoms. The van der Waals surface area contributed by atoms with Gasteiger partial charge in [-0.3, -0.25) is 19.9 Å². The summed E-state index contributed by atoms with van der Waals surface area (Å²) in [7, 11) is 0. The van der Waals surface area contributed by atoms with Crippen LogP contribution in [0.3, 0.4) is 0 Å². The molecule has 2 aromatic heterocycles. The van der Waals surface area contributed by atoms with Gasteiger partial charge < -0.3 is 10.6 Å². The SMILES string of the molecule is O=C1NC(=O)C(=Cc2ccnc(N[C@H]3CC[C@H](NCCc4ccccn4)CC3)n2)S1. The Balaban J connectivity index is 1.24. The zero-order chi connectivity index (χ0) is 20.8. The summed E-state index contributed by atoms with van der Waals surface area (Å²) in [4.78, 5) is 36.4. The van der Waals surface area contributed by atoms with Crippen LogP contribution in [-0.2, 0) is 11.2 Å². The van der Waals surface area contributed by atoms with Gasteiger partial charge in [-0.2, -0.15) is 0 Å². The summed E-state index contributed by atoms with van der Waals surface area (Å²) in [6.45, 7) is 0.938. The molecule has 2 fully saturated rings. The number of aromatic nitrogens is 3. The second-order valence-electron chi connectivity index (χ2n) is 7.38. The van der Waals surface area contributed by atoms with Gasteiger partial charge in [0, 0.05) is 43.1 Å². The van der Waals surface area contributed by atoms with E-state index in [-0.39, 0.29) is 11.1 Å². The molecule has 156 valence electrons. The standard InChI is InChI=1S/C21H24N6O2S/c28-19-18(30-21(29)27-19)13-17-9-12-24-20(26-17)25-16-6-4-15(5-7-16)23-11-8-14-3-1-2-10-22-14/h1-3,9-10,12-13,15-16,23H,4-8,11H2,(H,24,25,26)(H,27,28,29)/t15-,16-. The zero-order valence-corrected chi connectivity index (χ0v) is 17.3. The Kier molecular flexibility index (Phi) is 6.70. The van der Waals surface area contributed by atoms with Crippen molar-refractivity contribution in [2.75, 3.05) is 11.9 Å². The molecule has 1 aliphatic heterocycles. The van der Waals surface area contributed by atoms with Crippen molar-refractivity contribution in [1.29, 1.82) is 0 Å². The van der Waals surface area contributed by atoms with Crippen LogP contribution in [0, 0.1) is 0 Å². The van der Waals surface area contributed by atoms with E-state index in [0.717, 1.165) is 56.1 Å². The van der Waals surface area contributed by atoms with Gasteiger partial charge in [0.05, 0.1) is 10.6 Å². The molecule has 0 atom stereocenters. The molecule has 2 aliphatic rings. The van der Waals surface area contributed by atoms with E-state index in [2.05, 4.69) is 37.0 Å². The Morgan fingerprint density at radius 1 is 1.07 bits per heavy atom. The molecule has 0 unspecified atom stereocenters. The topological polar surface area (TPSA) is 109 Å². The quantitative estimate of drug-likeness (QED) is 0.582. The Bertz CT molecular complexity index is 928. The van der Waals surface area contributed by atoms with Crippen LogP contribution in [0.5, 0.6) is 0 Å². The number of hydrogen-bond donors (Lipinski definition) is 3. The third kappa shape index (κ3) is 5.64. The highest BCUT2D eigenvalue weighted by Crippen LogP contribution is 2.25. The van der Waals surface area contributed by atoms with Crippen molar-refractivity contribution in [3.05, 3.63) is 53.0 Å². The van der Waals surface area contributed by atoms with Gasteiger partial charge in [0.25, 0.3) is 11.1 Å². The molecule has 8 nitrogen and oxygen atoms in total. The minimum atomic E-state index is -0.382. The number of hydrogen-bond acceptors (Lipinski definition) is 8. The molecule has 3 heterocycles. The van der Waals surface area contributed by atoms with Gasteiger partial charge >= 0.3 is 0 Å². The molecule has 0 spiro atoms. The van der Waals surface area contributed by atoms with Crippen molar-refractivity contribution in [3.8, 4) is 0 Å². The second kappa shape index (κ2) is 9.82. The molecule has 1 aliphatic carbocycles. The number of nitrogens with one attached hydrogen (secondary N) is 3. The lowest BCUT2D eigenvalue weighted by atomic mass is 9.91. The number of amides is 2. The predicted molar refractivity (Wildman–Crippen MR) is 117 cm³/mol. The van der Waals surface area contributed by atoms with Crippen molar-refractivity contribution < 1.29 is 9.59 Å². The normalized spacial score (nSPS) is 22.9. The largest absolute Gasteiger partial charge is 0.351 e. The van der Waals surface area contributed by atoms with Gasteiger partial charge in [-0.25, -0.2) is 9.97 Å². The van der Waals surface area contributed by atoms with E-state index in [9.17, 15) is 9.59 Å². The molecule has 2 amide bonds. The Hall–Kier alpha value is -2.78. The lowest BCUT2D eigenvalue weighted by molar-refractivity contribution is -0.115. The average Bonchev–Trinajstić information content (AvgIpc) is 3.07. The summed E-state index contributed by atoms with van der Waals surface area (Å²) in [5, 5.41) is 8.93. The first-order chi connectivity index (χ1) is 14.7. The number of carbonyl (C=O) groups is 2. The van der Waals surface area contributed by atoms with Crippen molar-refractivity contribution in [2.45, 2.75) is 44.2 Å². The third-order valence-electron chi connectivity index (χ3n) is 5.20. The highest BCUT2D eigenvalue weighted by molar-refractivity contribution is 8.18. The summed E-state index contributed by atoms with van der Waals surface area (Å²) in [5.41, 5.74) is 1.72. The summed E-state index contributed by atoms with van der Waals surface area (Å²) in [6, 6.07) is 8.59. The fourth-order valence-electron chi connectivity index (χ4n) is 3.65. The van der Waals surface area contributed by atoms with Crippen molar-refractivity contribution in [2.24, 2.45) is 0 Å². The van der Waals surface area contributed by atoms with Crippen LogP contribution in [0.4, 0.5) is 10.7 Å². The van der Waals surface area contributed by atoms with Gasteiger partial charge in [0.1, 0.15) is 0 Å². The van der Waals surface area contributed by atoms with Crippen LogP contribution < -0.4 is 16.0 Å². The Morgan fingerprint density at radius 3 is 2.63 bits per heavy atom. The Morgan fingerprint density at radius 2 is 1.90 bits per heavy atom. The maximum atomic E-state index is 11.7. The minimum Gasteiger partial charge on any atom is -0.351 e. The molecule has 4 rings (SSSR count). The van der Waals surface area contributed by atoms with Crippen molar-refractivity contribution in [3.63, 3.8) is 0 Å². The summed E-state index contributed by atoms with van der Waals surface area (Å²) < 4.78 is 0.